The van der Waals surface area contributed by atoms with Gasteiger partial charge < -0.3 is 19.5 Å². The Morgan fingerprint density at radius 2 is 2.10 bits per heavy atom. The Balaban J connectivity index is 0.00000272. The lowest BCUT2D eigenvalue weighted by Crippen LogP contribution is -2.41. The topological polar surface area (TPSA) is 61.1 Å². The quantitative estimate of drug-likeness (QED) is 0.333. The molecule has 1 saturated heterocycles. The number of guanidine groups is 1. The number of para-hydroxylation sites is 1. The van der Waals surface area contributed by atoms with Gasteiger partial charge in [-0.05, 0) is 51.3 Å². The lowest BCUT2D eigenvalue weighted by Gasteiger charge is -2.23. The number of halogens is 1. The molecule has 0 saturated carbocycles. The van der Waals surface area contributed by atoms with Gasteiger partial charge in [-0.2, -0.15) is 0 Å². The smallest absolute Gasteiger partial charge is 0.222 e. The number of aliphatic imine (C=N–C) groups is 1. The summed E-state index contributed by atoms with van der Waals surface area (Å²) in [5, 5.41) is 3.47. The Bertz CT molecular complexity index is 939. The van der Waals surface area contributed by atoms with Crippen LogP contribution < -0.4 is 10.2 Å². The molecule has 3 heterocycles. The second-order valence-electron chi connectivity index (χ2n) is 8.25. The van der Waals surface area contributed by atoms with Crippen LogP contribution in [0.1, 0.15) is 54.8 Å². The van der Waals surface area contributed by atoms with E-state index in [0.29, 0.717) is 24.8 Å². The minimum absolute atomic E-state index is 0. The van der Waals surface area contributed by atoms with Gasteiger partial charge in [0.15, 0.2) is 5.96 Å². The maximum atomic E-state index is 12.0. The number of fused-ring (bicyclic) bond motifs is 1. The second kappa shape index (κ2) is 10.5. The number of hydrogen-bond donors (Lipinski definition) is 1. The monoisotopic (exact) mass is 536 g/mol. The van der Waals surface area contributed by atoms with E-state index in [1.165, 1.54) is 11.3 Å². The van der Waals surface area contributed by atoms with Gasteiger partial charge in [-0.15, -0.1) is 24.0 Å². The molecule has 0 aliphatic carbocycles. The molecule has 7 heteroatoms. The van der Waals surface area contributed by atoms with E-state index in [9.17, 15) is 4.79 Å². The average Bonchev–Trinajstić information content (AvgIpc) is 3.40. The predicted molar refractivity (Wildman–Crippen MR) is 135 cm³/mol. The first-order valence-electron chi connectivity index (χ1n) is 11.0. The van der Waals surface area contributed by atoms with Gasteiger partial charge >= 0.3 is 0 Å². The van der Waals surface area contributed by atoms with Crippen LogP contribution in [0.2, 0.25) is 0 Å². The normalized spacial score (nSPS) is 18.4. The first-order valence-corrected chi connectivity index (χ1v) is 11.0. The third-order valence-corrected chi connectivity index (χ3v) is 6.12. The SMILES string of the molecule is CCNC(=NCc1cc(C)oc1C)N1CC(CCN2CCCC2=O)c2ccccc21.I. The van der Waals surface area contributed by atoms with E-state index in [4.69, 9.17) is 9.41 Å². The summed E-state index contributed by atoms with van der Waals surface area (Å²) in [6.07, 6.45) is 2.69. The van der Waals surface area contributed by atoms with Crippen LogP contribution in [-0.4, -0.2) is 42.9 Å². The number of hydrogen-bond acceptors (Lipinski definition) is 3. The highest BCUT2D eigenvalue weighted by atomic mass is 127. The van der Waals surface area contributed by atoms with Gasteiger partial charge in [-0.1, -0.05) is 18.2 Å². The number of furan rings is 1. The molecule has 1 atom stereocenters. The molecule has 1 amide bonds. The first kappa shape index (κ1) is 23.6. The summed E-state index contributed by atoms with van der Waals surface area (Å²) in [6, 6.07) is 10.7. The van der Waals surface area contributed by atoms with Crippen molar-refractivity contribution in [1.82, 2.24) is 10.2 Å². The molecule has 0 bridgehead atoms. The molecule has 1 aromatic heterocycles. The Labute approximate surface area is 202 Å². The fourth-order valence-electron chi connectivity index (χ4n) is 4.59. The summed E-state index contributed by atoms with van der Waals surface area (Å²) < 4.78 is 5.66. The lowest BCUT2D eigenvalue weighted by molar-refractivity contribution is -0.127. The van der Waals surface area contributed by atoms with Crippen LogP contribution in [0.25, 0.3) is 0 Å². The van der Waals surface area contributed by atoms with Crippen LogP contribution in [-0.2, 0) is 11.3 Å². The molecule has 2 aliphatic heterocycles. The van der Waals surface area contributed by atoms with Gasteiger partial charge in [-0.25, -0.2) is 4.99 Å². The van der Waals surface area contributed by atoms with Crippen LogP contribution in [0.15, 0.2) is 39.7 Å². The fourth-order valence-corrected chi connectivity index (χ4v) is 4.59. The number of amides is 1. The number of carbonyl (C=O) groups excluding carboxylic acids is 1. The molecule has 1 fully saturated rings. The fraction of sp³-hybridized carbons (Fsp3) is 0.500. The van der Waals surface area contributed by atoms with Gasteiger partial charge in [0, 0.05) is 49.8 Å². The first-order chi connectivity index (χ1) is 14.6. The van der Waals surface area contributed by atoms with E-state index in [1.54, 1.807) is 0 Å². The van der Waals surface area contributed by atoms with E-state index in [2.05, 4.69) is 47.5 Å². The van der Waals surface area contributed by atoms with Crippen LogP contribution in [0.4, 0.5) is 5.69 Å². The third-order valence-electron chi connectivity index (χ3n) is 6.12. The molecular weight excluding hydrogens is 503 g/mol. The van der Waals surface area contributed by atoms with E-state index in [0.717, 1.165) is 62.1 Å². The van der Waals surface area contributed by atoms with Gasteiger partial charge in [0.2, 0.25) is 5.91 Å². The van der Waals surface area contributed by atoms with Crippen molar-refractivity contribution in [1.29, 1.82) is 0 Å². The molecule has 168 valence electrons. The highest BCUT2D eigenvalue weighted by Crippen LogP contribution is 2.38. The van der Waals surface area contributed by atoms with Crippen molar-refractivity contribution in [3.8, 4) is 0 Å². The zero-order chi connectivity index (χ0) is 21.1. The molecule has 4 rings (SSSR count). The number of anilines is 1. The van der Waals surface area contributed by atoms with Crippen molar-refractivity contribution >= 4 is 41.5 Å². The van der Waals surface area contributed by atoms with Crippen molar-refractivity contribution in [3.63, 3.8) is 0 Å². The summed E-state index contributed by atoms with van der Waals surface area (Å²) in [5.41, 5.74) is 3.69. The highest BCUT2D eigenvalue weighted by molar-refractivity contribution is 14.0. The van der Waals surface area contributed by atoms with Crippen LogP contribution in [0, 0.1) is 13.8 Å². The minimum Gasteiger partial charge on any atom is -0.466 e. The van der Waals surface area contributed by atoms with Crippen LogP contribution in [0.5, 0.6) is 0 Å². The number of carbonyl (C=O) groups is 1. The number of benzene rings is 1. The summed E-state index contributed by atoms with van der Waals surface area (Å²) in [5.74, 6) is 3.46. The molecule has 0 radical (unpaired) electrons. The number of nitrogens with one attached hydrogen (secondary N) is 1. The molecule has 2 aliphatic rings. The molecule has 1 aromatic carbocycles. The Kier molecular flexibility index (Phi) is 8.02. The number of nitrogens with zero attached hydrogens (tertiary/aromatic N) is 3. The number of rotatable bonds is 6. The van der Waals surface area contributed by atoms with Crippen molar-refractivity contribution in [2.75, 3.05) is 31.1 Å². The molecule has 1 N–H and O–H groups in total. The Morgan fingerprint density at radius 1 is 1.29 bits per heavy atom. The maximum absolute atomic E-state index is 12.0. The summed E-state index contributed by atoms with van der Waals surface area (Å²) >= 11 is 0. The average molecular weight is 536 g/mol. The summed E-state index contributed by atoms with van der Waals surface area (Å²) in [4.78, 5) is 21.3. The molecule has 1 unspecified atom stereocenters. The van der Waals surface area contributed by atoms with Crippen molar-refractivity contribution in [3.05, 3.63) is 53.0 Å². The second-order valence-corrected chi connectivity index (χ2v) is 8.25. The van der Waals surface area contributed by atoms with E-state index in [1.807, 2.05) is 18.7 Å². The molecule has 31 heavy (non-hydrogen) atoms. The van der Waals surface area contributed by atoms with Crippen LogP contribution >= 0.6 is 24.0 Å². The molecule has 2 aromatic rings. The van der Waals surface area contributed by atoms with Gasteiger partial charge in [0.1, 0.15) is 11.5 Å². The van der Waals surface area contributed by atoms with E-state index in [-0.39, 0.29) is 24.0 Å². The minimum atomic E-state index is 0. The summed E-state index contributed by atoms with van der Waals surface area (Å²) in [6.45, 7) is 10.1. The largest absolute Gasteiger partial charge is 0.466 e. The van der Waals surface area contributed by atoms with Gasteiger partial charge in [0.25, 0.3) is 0 Å². The highest BCUT2D eigenvalue weighted by Gasteiger charge is 2.32. The lowest BCUT2D eigenvalue weighted by atomic mass is 9.98. The van der Waals surface area contributed by atoms with E-state index < -0.39 is 0 Å². The van der Waals surface area contributed by atoms with Crippen molar-refractivity contribution in [2.24, 2.45) is 4.99 Å². The van der Waals surface area contributed by atoms with Crippen molar-refractivity contribution in [2.45, 2.75) is 52.5 Å². The molecular formula is C24H33IN4O2. The maximum Gasteiger partial charge on any atom is 0.222 e. The predicted octanol–water partition coefficient (Wildman–Crippen LogP) is 4.60. The standard InChI is InChI=1S/C24H32N4O2.HI/c1-4-25-24(26-15-20-14-17(2)30-18(20)3)28-16-19(21-8-5-6-9-22(21)28)11-13-27-12-7-10-23(27)29;/h5-6,8-9,14,19H,4,7,10-13,15-16H2,1-3H3,(H,25,26);1H. The zero-order valence-electron chi connectivity index (χ0n) is 18.7. The van der Waals surface area contributed by atoms with Gasteiger partial charge in [-0.3, -0.25) is 4.79 Å². The Hall–Kier alpha value is -2.03. The third kappa shape index (κ3) is 5.25. The summed E-state index contributed by atoms with van der Waals surface area (Å²) in [7, 11) is 0. The molecule has 0 spiro atoms. The van der Waals surface area contributed by atoms with E-state index >= 15 is 0 Å². The van der Waals surface area contributed by atoms with Gasteiger partial charge in [0.05, 0.1) is 6.54 Å². The molecule has 6 nitrogen and oxygen atoms in total. The van der Waals surface area contributed by atoms with Crippen molar-refractivity contribution < 1.29 is 9.21 Å². The zero-order valence-corrected chi connectivity index (χ0v) is 21.0. The number of likely N-dealkylation sites (tertiary alicyclic amines) is 1. The number of aryl methyl sites for hydroxylation is 2. The Morgan fingerprint density at radius 3 is 2.77 bits per heavy atom. The van der Waals surface area contributed by atoms with Crippen LogP contribution in [0.3, 0.4) is 0 Å².